The molecule has 1 aliphatic heterocycles. The van der Waals surface area contributed by atoms with Gasteiger partial charge in [0.15, 0.2) is 0 Å². The summed E-state index contributed by atoms with van der Waals surface area (Å²) in [5.41, 5.74) is 1.64. The lowest BCUT2D eigenvalue weighted by Gasteiger charge is -2.35. The number of amides is 1. The molecule has 0 aliphatic carbocycles. The minimum atomic E-state index is -4.07. The Balaban J connectivity index is 1.96. The second kappa shape index (κ2) is 8.07. The molecule has 2 aromatic rings. The van der Waals surface area contributed by atoms with Crippen LogP contribution in [0, 0.1) is 5.82 Å². The largest absolute Gasteiger partial charge is 0.468 e. The second-order valence-electron chi connectivity index (χ2n) is 6.29. The maximum atomic E-state index is 13.2. The van der Waals surface area contributed by atoms with Gasteiger partial charge in [-0.05, 0) is 41.8 Å². The van der Waals surface area contributed by atoms with Gasteiger partial charge in [0.1, 0.15) is 18.4 Å². The van der Waals surface area contributed by atoms with Crippen molar-refractivity contribution in [2.24, 2.45) is 0 Å². The fourth-order valence-electron chi connectivity index (χ4n) is 3.07. The SMILES string of the molecule is COC(=O)CNC(=O)[C@H]1Cc2ccccc2CN1S(=O)(=O)c1ccc(F)cc1. The molecule has 3 rings (SSSR count). The zero-order valence-electron chi connectivity index (χ0n) is 15.1. The second-order valence-corrected chi connectivity index (χ2v) is 8.18. The van der Waals surface area contributed by atoms with Crippen LogP contribution in [0.3, 0.4) is 0 Å². The van der Waals surface area contributed by atoms with Crippen molar-refractivity contribution < 1.29 is 27.1 Å². The van der Waals surface area contributed by atoms with Gasteiger partial charge in [0.05, 0.1) is 12.0 Å². The van der Waals surface area contributed by atoms with E-state index in [-0.39, 0.29) is 24.4 Å². The number of fused-ring (bicyclic) bond motifs is 1. The monoisotopic (exact) mass is 406 g/mol. The van der Waals surface area contributed by atoms with E-state index in [1.807, 2.05) is 12.1 Å². The molecule has 1 N–H and O–H groups in total. The topological polar surface area (TPSA) is 92.8 Å². The van der Waals surface area contributed by atoms with Crippen molar-refractivity contribution in [2.45, 2.75) is 23.9 Å². The van der Waals surface area contributed by atoms with Crippen molar-refractivity contribution in [2.75, 3.05) is 13.7 Å². The molecule has 0 aromatic heterocycles. The first-order valence-corrected chi connectivity index (χ1v) is 9.95. The van der Waals surface area contributed by atoms with Gasteiger partial charge in [-0.1, -0.05) is 24.3 Å². The summed E-state index contributed by atoms with van der Waals surface area (Å²) in [4.78, 5) is 23.9. The highest BCUT2D eigenvalue weighted by Crippen LogP contribution is 2.29. The van der Waals surface area contributed by atoms with Crippen LogP contribution in [0.15, 0.2) is 53.4 Å². The normalized spacial score (nSPS) is 16.9. The van der Waals surface area contributed by atoms with Crippen molar-refractivity contribution in [1.29, 1.82) is 0 Å². The fraction of sp³-hybridized carbons (Fsp3) is 0.263. The van der Waals surface area contributed by atoms with E-state index in [9.17, 15) is 22.4 Å². The quantitative estimate of drug-likeness (QED) is 0.754. The first-order valence-electron chi connectivity index (χ1n) is 8.51. The molecule has 0 bridgehead atoms. The van der Waals surface area contributed by atoms with Crippen molar-refractivity contribution in [3.8, 4) is 0 Å². The van der Waals surface area contributed by atoms with Crippen LogP contribution in [0.2, 0.25) is 0 Å². The van der Waals surface area contributed by atoms with Gasteiger partial charge in [0.2, 0.25) is 15.9 Å². The Bertz CT molecular complexity index is 992. The van der Waals surface area contributed by atoms with Crippen molar-refractivity contribution in [1.82, 2.24) is 9.62 Å². The van der Waals surface area contributed by atoms with Crippen LogP contribution in [0.4, 0.5) is 4.39 Å². The van der Waals surface area contributed by atoms with E-state index in [2.05, 4.69) is 10.1 Å². The van der Waals surface area contributed by atoms with Gasteiger partial charge in [-0.2, -0.15) is 4.31 Å². The standard InChI is InChI=1S/C19H19FN2O5S/c1-27-18(23)11-21-19(24)17-10-13-4-2-3-5-14(13)12-22(17)28(25,26)16-8-6-15(20)7-9-16/h2-9,17H,10-12H2,1H3,(H,21,24)/t17-/m1/s1. The fourth-order valence-corrected chi connectivity index (χ4v) is 4.63. The third-order valence-electron chi connectivity index (χ3n) is 4.56. The highest BCUT2D eigenvalue weighted by atomic mass is 32.2. The van der Waals surface area contributed by atoms with Crippen LogP contribution in [0.5, 0.6) is 0 Å². The van der Waals surface area contributed by atoms with Gasteiger partial charge < -0.3 is 10.1 Å². The molecule has 148 valence electrons. The molecule has 28 heavy (non-hydrogen) atoms. The van der Waals surface area contributed by atoms with E-state index in [0.717, 1.165) is 39.7 Å². The van der Waals surface area contributed by atoms with Gasteiger partial charge in [0, 0.05) is 6.54 Å². The minimum Gasteiger partial charge on any atom is -0.468 e. The number of carbonyl (C=O) groups is 2. The molecule has 0 fully saturated rings. The summed E-state index contributed by atoms with van der Waals surface area (Å²) in [6.07, 6.45) is 0.156. The molecular weight excluding hydrogens is 387 g/mol. The van der Waals surface area contributed by atoms with Gasteiger partial charge in [-0.15, -0.1) is 0 Å². The molecule has 0 spiro atoms. The molecule has 2 aromatic carbocycles. The number of methoxy groups -OCH3 is 1. The number of halogens is 1. The van der Waals surface area contributed by atoms with Gasteiger partial charge >= 0.3 is 5.97 Å². The molecule has 0 saturated carbocycles. The number of ether oxygens (including phenoxy) is 1. The van der Waals surface area contributed by atoms with Crippen molar-refractivity contribution in [3.05, 3.63) is 65.5 Å². The molecule has 1 amide bonds. The number of hydrogen-bond acceptors (Lipinski definition) is 5. The third-order valence-corrected chi connectivity index (χ3v) is 6.43. The van der Waals surface area contributed by atoms with E-state index < -0.39 is 33.8 Å². The Kier molecular flexibility index (Phi) is 5.76. The molecule has 0 saturated heterocycles. The molecule has 1 heterocycles. The summed E-state index contributed by atoms with van der Waals surface area (Å²) in [6, 6.07) is 10.6. The number of hydrogen-bond donors (Lipinski definition) is 1. The molecule has 9 heteroatoms. The lowest BCUT2D eigenvalue weighted by atomic mass is 9.95. The lowest BCUT2D eigenvalue weighted by Crippen LogP contribution is -2.53. The summed E-state index contributed by atoms with van der Waals surface area (Å²) < 4.78 is 45.1. The maximum Gasteiger partial charge on any atom is 0.325 e. The van der Waals surface area contributed by atoms with Crippen LogP contribution in [0.25, 0.3) is 0 Å². The van der Waals surface area contributed by atoms with Crippen LogP contribution in [-0.2, 0) is 37.3 Å². The molecule has 7 nitrogen and oxygen atoms in total. The molecule has 1 aliphatic rings. The minimum absolute atomic E-state index is 0.00774. The average molecular weight is 406 g/mol. The Morgan fingerprint density at radius 3 is 2.43 bits per heavy atom. The lowest BCUT2D eigenvalue weighted by molar-refractivity contribution is -0.141. The number of rotatable bonds is 5. The molecule has 0 radical (unpaired) electrons. The van der Waals surface area contributed by atoms with Gasteiger partial charge in [-0.3, -0.25) is 9.59 Å². The van der Waals surface area contributed by atoms with E-state index in [1.165, 1.54) is 7.11 Å². The number of benzene rings is 2. The summed E-state index contributed by atoms with van der Waals surface area (Å²) >= 11 is 0. The predicted octanol–water partition coefficient (Wildman–Crippen LogP) is 1.23. The van der Waals surface area contributed by atoms with Crippen LogP contribution in [0.1, 0.15) is 11.1 Å². The summed E-state index contributed by atoms with van der Waals surface area (Å²) in [5.74, 6) is -1.81. The average Bonchev–Trinajstić information content (AvgIpc) is 2.71. The van der Waals surface area contributed by atoms with Crippen LogP contribution in [-0.4, -0.2) is 44.3 Å². The Morgan fingerprint density at radius 2 is 1.79 bits per heavy atom. The first kappa shape index (κ1) is 20.0. The number of nitrogens with one attached hydrogen (secondary N) is 1. The smallest absolute Gasteiger partial charge is 0.325 e. The Labute approximate surface area is 162 Å². The van der Waals surface area contributed by atoms with E-state index in [1.54, 1.807) is 12.1 Å². The number of carbonyl (C=O) groups excluding carboxylic acids is 2. The van der Waals surface area contributed by atoms with Crippen LogP contribution >= 0.6 is 0 Å². The Morgan fingerprint density at radius 1 is 1.14 bits per heavy atom. The Hall–Kier alpha value is -2.78. The predicted molar refractivity (Wildman–Crippen MR) is 98.1 cm³/mol. The highest BCUT2D eigenvalue weighted by Gasteiger charge is 2.39. The van der Waals surface area contributed by atoms with E-state index in [4.69, 9.17) is 0 Å². The van der Waals surface area contributed by atoms with Crippen LogP contribution < -0.4 is 5.32 Å². The summed E-state index contributed by atoms with van der Waals surface area (Å²) in [6.45, 7) is -0.371. The molecule has 0 unspecified atom stereocenters. The van der Waals surface area contributed by atoms with Gasteiger partial charge in [0.25, 0.3) is 0 Å². The third kappa shape index (κ3) is 4.05. The summed E-state index contributed by atoms with van der Waals surface area (Å²) in [5, 5.41) is 2.42. The molecule has 1 atom stereocenters. The number of esters is 1. The summed E-state index contributed by atoms with van der Waals surface area (Å²) in [7, 11) is -2.88. The zero-order chi connectivity index (χ0) is 20.3. The number of sulfonamides is 1. The zero-order valence-corrected chi connectivity index (χ0v) is 15.9. The highest BCUT2D eigenvalue weighted by molar-refractivity contribution is 7.89. The maximum absolute atomic E-state index is 13.2. The van der Waals surface area contributed by atoms with E-state index in [0.29, 0.717) is 0 Å². The van der Waals surface area contributed by atoms with Crippen molar-refractivity contribution in [3.63, 3.8) is 0 Å². The number of nitrogens with zero attached hydrogens (tertiary/aromatic N) is 1. The van der Waals surface area contributed by atoms with Crippen molar-refractivity contribution >= 4 is 21.9 Å². The first-order chi connectivity index (χ1) is 13.3. The molecular formula is C19H19FN2O5S. The van der Waals surface area contributed by atoms with E-state index >= 15 is 0 Å². The van der Waals surface area contributed by atoms with Gasteiger partial charge in [-0.25, -0.2) is 12.8 Å².